The largest absolute Gasteiger partial charge is 0.378 e. The van der Waals surface area contributed by atoms with Crippen LogP contribution in [0.15, 0.2) is 42.5 Å². The molecule has 1 unspecified atom stereocenters. The zero-order valence-corrected chi connectivity index (χ0v) is 12.3. The molecule has 0 saturated carbocycles. The topological polar surface area (TPSA) is 12.0 Å². The first-order valence-corrected chi connectivity index (χ1v) is 7.01. The molecule has 1 nitrogen and oxygen atoms in total. The Balaban J connectivity index is 2.24. The number of rotatable bonds is 4. The first kappa shape index (κ1) is 13.7. The summed E-state index contributed by atoms with van der Waals surface area (Å²) in [6.07, 6.45) is 1.08. The molecule has 19 heavy (non-hydrogen) atoms. The van der Waals surface area contributed by atoms with Crippen LogP contribution >= 0.6 is 0 Å². The molecule has 0 fully saturated rings. The monoisotopic (exact) mass is 253 g/mol. The summed E-state index contributed by atoms with van der Waals surface area (Å²) in [7, 11) is 0. The molecule has 0 aliphatic carbocycles. The smallest absolute Gasteiger partial charge is 0.0511 e. The maximum atomic E-state index is 3.67. The van der Waals surface area contributed by atoms with Gasteiger partial charge in [-0.1, -0.05) is 48.9 Å². The predicted molar refractivity (Wildman–Crippen MR) is 83.7 cm³/mol. The molecule has 0 saturated heterocycles. The van der Waals surface area contributed by atoms with Crippen LogP contribution in [0.3, 0.4) is 0 Å². The third kappa shape index (κ3) is 3.17. The van der Waals surface area contributed by atoms with Crippen molar-refractivity contribution in [2.45, 2.75) is 40.2 Å². The zero-order chi connectivity index (χ0) is 13.8. The summed E-state index contributed by atoms with van der Waals surface area (Å²) >= 11 is 0. The van der Waals surface area contributed by atoms with Crippen molar-refractivity contribution < 1.29 is 0 Å². The van der Waals surface area contributed by atoms with Gasteiger partial charge in [0.25, 0.3) is 0 Å². The van der Waals surface area contributed by atoms with Gasteiger partial charge >= 0.3 is 0 Å². The lowest BCUT2D eigenvalue weighted by molar-refractivity contribution is 0.748. The maximum absolute atomic E-state index is 3.67. The SMILES string of the molecule is CCC(Nc1cccc(C)c1C)c1ccc(C)cc1. The number of hydrogen-bond acceptors (Lipinski definition) is 1. The fourth-order valence-corrected chi connectivity index (χ4v) is 2.32. The van der Waals surface area contributed by atoms with Crippen molar-refractivity contribution in [2.24, 2.45) is 0 Å². The van der Waals surface area contributed by atoms with Crippen LogP contribution in [0.1, 0.15) is 41.6 Å². The Bertz CT molecular complexity index is 540. The minimum Gasteiger partial charge on any atom is -0.378 e. The first-order chi connectivity index (χ1) is 9.11. The van der Waals surface area contributed by atoms with Crippen molar-refractivity contribution >= 4 is 5.69 Å². The van der Waals surface area contributed by atoms with Crippen LogP contribution in [0.25, 0.3) is 0 Å². The molecule has 0 heterocycles. The van der Waals surface area contributed by atoms with E-state index in [2.05, 4.69) is 75.5 Å². The molecule has 0 spiro atoms. The normalized spacial score (nSPS) is 12.2. The molecule has 1 N–H and O–H groups in total. The minimum atomic E-state index is 0.376. The molecule has 0 radical (unpaired) electrons. The van der Waals surface area contributed by atoms with E-state index in [4.69, 9.17) is 0 Å². The summed E-state index contributed by atoms with van der Waals surface area (Å²) < 4.78 is 0. The van der Waals surface area contributed by atoms with E-state index in [1.807, 2.05) is 0 Å². The summed E-state index contributed by atoms with van der Waals surface area (Å²) in [5.74, 6) is 0. The summed E-state index contributed by atoms with van der Waals surface area (Å²) in [6.45, 7) is 8.69. The van der Waals surface area contributed by atoms with E-state index >= 15 is 0 Å². The van der Waals surface area contributed by atoms with E-state index in [0.29, 0.717) is 6.04 Å². The van der Waals surface area contributed by atoms with Crippen molar-refractivity contribution in [1.82, 2.24) is 0 Å². The van der Waals surface area contributed by atoms with Gasteiger partial charge in [0.15, 0.2) is 0 Å². The molecule has 100 valence electrons. The highest BCUT2D eigenvalue weighted by atomic mass is 14.9. The van der Waals surface area contributed by atoms with Crippen LogP contribution in [-0.2, 0) is 0 Å². The van der Waals surface area contributed by atoms with Crippen LogP contribution in [-0.4, -0.2) is 0 Å². The summed E-state index contributed by atoms with van der Waals surface area (Å²) in [5.41, 5.74) is 6.59. The lowest BCUT2D eigenvalue weighted by Crippen LogP contribution is -2.10. The van der Waals surface area contributed by atoms with Crippen molar-refractivity contribution in [3.8, 4) is 0 Å². The number of hydrogen-bond donors (Lipinski definition) is 1. The highest BCUT2D eigenvalue weighted by Gasteiger charge is 2.10. The summed E-state index contributed by atoms with van der Waals surface area (Å²) in [4.78, 5) is 0. The molecule has 0 aliphatic rings. The van der Waals surface area contributed by atoms with Gasteiger partial charge in [0, 0.05) is 5.69 Å². The van der Waals surface area contributed by atoms with Gasteiger partial charge < -0.3 is 5.32 Å². The van der Waals surface area contributed by atoms with Gasteiger partial charge in [-0.05, 0) is 49.9 Å². The average molecular weight is 253 g/mol. The molecular formula is C18H23N. The number of benzene rings is 2. The van der Waals surface area contributed by atoms with Crippen molar-refractivity contribution in [3.63, 3.8) is 0 Å². The van der Waals surface area contributed by atoms with Gasteiger partial charge in [0.2, 0.25) is 0 Å². The van der Waals surface area contributed by atoms with E-state index in [9.17, 15) is 0 Å². The Morgan fingerprint density at radius 1 is 0.947 bits per heavy atom. The Kier molecular flexibility index (Phi) is 4.26. The Labute approximate surface area is 116 Å². The zero-order valence-electron chi connectivity index (χ0n) is 12.3. The Hall–Kier alpha value is -1.76. The quantitative estimate of drug-likeness (QED) is 0.792. The maximum Gasteiger partial charge on any atom is 0.0511 e. The van der Waals surface area contributed by atoms with Crippen molar-refractivity contribution in [1.29, 1.82) is 0 Å². The molecule has 0 aliphatic heterocycles. The number of nitrogens with one attached hydrogen (secondary N) is 1. The van der Waals surface area contributed by atoms with Gasteiger partial charge in [0.05, 0.1) is 6.04 Å². The lowest BCUT2D eigenvalue weighted by atomic mass is 10.0. The molecule has 2 rings (SSSR count). The van der Waals surface area contributed by atoms with Crippen LogP contribution in [0.4, 0.5) is 5.69 Å². The minimum absolute atomic E-state index is 0.376. The summed E-state index contributed by atoms with van der Waals surface area (Å²) in [6, 6.07) is 15.6. The highest BCUT2D eigenvalue weighted by molar-refractivity contribution is 5.55. The van der Waals surface area contributed by atoms with Crippen LogP contribution in [0.2, 0.25) is 0 Å². The van der Waals surface area contributed by atoms with E-state index in [-0.39, 0.29) is 0 Å². The Morgan fingerprint density at radius 3 is 2.26 bits per heavy atom. The molecule has 0 aromatic heterocycles. The third-order valence-electron chi connectivity index (χ3n) is 3.82. The molecule has 0 bridgehead atoms. The van der Waals surface area contributed by atoms with Gasteiger partial charge in [-0.3, -0.25) is 0 Å². The van der Waals surface area contributed by atoms with Gasteiger partial charge in [-0.25, -0.2) is 0 Å². The van der Waals surface area contributed by atoms with E-state index in [1.165, 1.54) is 27.9 Å². The molecule has 0 amide bonds. The second kappa shape index (κ2) is 5.92. The molecule has 2 aromatic rings. The van der Waals surface area contributed by atoms with E-state index in [1.54, 1.807) is 0 Å². The lowest BCUT2D eigenvalue weighted by Gasteiger charge is -2.21. The van der Waals surface area contributed by atoms with Crippen LogP contribution in [0.5, 0.6) is 0 Å². The van der Waals surface area contributed by atoms with Crippen molar-refractivity contribution in [3.05, 3.63) is 64.7 Å². The molecule has 2 aromatic carbocycles. The fourth-order valence-electron chi connectivity index (χ4n) is 2.32. The Morgan fingerprint density at radius 2 is 1.63 bits per heavy atom. The average Bonchev–Trinajstić information content (AvgIpc) is 2.42. The molecular weight excluding hydrogens is 230 g/mol. The predicted octanol–water partition coefficient (Wildman–Crippen LogP) is 5.18. The van der Waals surface area contributed by atoms with Crippen LogP contribution < -0.4 is 5.32 Å². The van der Waals surface area contributed by atoms with E-state index in [0.717, 1.165) is 6.42 Å². The summed E-state index contributed by atoms with van der Waals surface area (Å²) in [5, 5.41) is 3.67. The second-order valence-electron chi connectivity index (χ2n) is 5.26. The van der Waals surface area contributed by atoms with Crippen molar-refractivity contribution in [2.75, 3.05) is 5.32 Å². The molecule has 1 heteroatoms. The molecule has 1 atom stereocenters. The van der Waals surface area contributed by atoms with Gasteiger partial charge in [0.1, 0.15) is 0 Å². The first-order valence-electron chi connectivity index (χ1n) is 7.01. The van der Waals surface area contributed by atoms with Crippen LogP contribution in [0, 0.1) is 20.8 Å². The van der Waals surface area contributed by atoms with Gasteiger partial charge in [-0.15, -0.1) is 0 Å². The second-order valence-corrected chi connectivity index (χ2v) is 5.26. The highest BCUT2D eigenvalue weighted by Crippen LogP contribution is 2.26. The number of anilines is 1. The van der Waals surface area contributed by atoms with Gasteiger partial charge in [-0.2, -0.15) is 0 Å². The third-order valence-corrected chi connectivity index (χ3v) is 3.82. The number of aryl methyl sites for hydroxylation is 2. The van der Waals surface area contributed by atoms with E-state index < -0.39 is 0 Å². The standard InChI is InChI=1S/C18H23N/c1-5-17(16-11-9-13(2)10-12-16)19-18-8-6-7-14(3)15(18)4/h6-12,17,19H,5H2,1-4H3. The fraction of sp³-hybridized carbons (Fsp3) is 0.333.